The third kappa shape index (κ3) is 66.4. The Kier molecular flexibility index (Phi) is 65.3. The molecule has 6 heteroatoms. The summed E-state index contributed by atoms with van der Waals surface area (Å²) in [7, 11) is 0. The minimum atomic E-state index is -0.791. The Morgan fingerprint density at radius 1 is 0.256 bits per heavy atom. The fourth-order valence-electron chi connectivity index (χ4n) is 9.36. The number of carbonyl (C=O) groups excluding carboxylic acids is 3. The average Bonchev–Trinajstić information content (AvgIpc) is 3.47. The highest BCUT2D eigenvalue weighted by molar-refractivity contribution is 5.71. The lowest BCUT2D eigenvalue weighted by Gasteiger charge is -2.18. The van der Waals surface area contributed by atoms with Crippen LogP contribution < -0.4 is 0 Å². The third-order valence-electron chi connectivity index (χ3n) is 14.4. The van der Waals surface area contributed by atoms with Crippen molar-refractivity contribution in [1.82, 2.24) is 0 Å². The van der Waals surface area contributed by atoms with Crippen LogP contribution in [0.4, 0.5) is 0 Å². The molecule has 0 fully saturated rings. The van der Waals surface area contributed by atoms with Gasteiger partial charge in [-0.3, -0.25) is 14.4 Å². The highest BCUT2D eigenvalue weighted by atomic mass is 16.6. The van der Waals surface area contributed by atoms with Crippen LogP contribution >= 0.6 is 0 Å². The first-order valence-electron chi connectivity index (χ1n) is 34.2. The predicted molar refractivity (Wildman–Crippen MR) is 357 cm³/mol. The molecule has 1 unspecified atom stereocenters. The molecule has 1 atom stereocenters. The van der Waals surface area contributed by atoms with Crippen LogP contribution in [0, 0.1) is 0 Å². The first-order valence-corrected chi connectivity index (χ1v) is 34.2. The highest BCUT2D eigenvalue weighted by Crippen LogP contribution is 2.16. The molecule has 466 valence electrons. The topological polar surface area (TPSA) is 78.9 Å². The second-order valence-corrected chi connectivity index (χ2v) is 22.3. The smallest absolute Gasteiger partial charge is 0.306 e. The van der Waals surface area contributed by atoms with Crippen LogP contribution in [0.3, 0.4) is 0 Å². The molecule has 0 saturated carbocycles. The zero-order valence-corrected chi connectivity index (χ0v) is 53.5. The van der Waals surface area contributed by atoms with E-state index >= 15 is 0 Å². The van der Waals surface area contributed by atoms with Gasteiger partial charge in [-0.2, -0.15) is 0 Å². The van der Waals surface area contributed by atoms with Crippen molar-refractivity contribution in [2.45, 2.75) is 316 Å². The largest absolute Gasteiger partial charge is 0.462 e. The summed E-state index contributed by atoms with van der Waals surface area (Å²) < 4.78 is 16.9. The van der Waals surface area contributed by atoms with Gasteiger partial charge in [-0.1, -0.05) is 309 Å². The van der Waals surface area contributed by atoms with Crippen LogP contribution in [0.1, 0.15) is 310 Å². The van der Waals surface area contributed by atoms with E-state index in [0.717, 1.165) is 148 Å². The van der Waals surface area contributed by atoms with Crippen LogP contribution in [0.5, 0.6) is 0 Å². The van der Waals surface area contributed by atoms with Gasteiger partial charge in [0.05, 0.1) is 0 Å². The molecule has 82 heavy (non-hydrogen) atoms. The molecule has 0 radical (unpaired) electrons. The number of ether oxygens (including phenoxy) is 3. The molecule has 0 heterocycles. The number of hydrogen-bond donors (Lipinski definition) is 0. The van der Waals surface area contributed by atoms with Gasteiger partial charge in [0.2, 0.25) is 0 Å². The SMILES string of the molecule is CC/C=C\C/C=C\C/C=C\C/C=C\C/C=C\C/C=C\C/C=C\CCCCCCCC(=O)OCC(COC(=O)CCCCCCCCCCCCCC)OC(=O)CCCCCCCCCCCCCC/C=C\C/C=C\C/C=C\C/C=C\CC. The number of carbonyl (C=O) groups is 3. The molecule has 0 saturated heterocycles. The standard InChI is InChI=1S/C76H126O6/c1-4-7-10-13-16-19-22-25-27-29-31-33-35-37-38-40-41-43-45-47-49-51-54-57-60-63-66-69-75(78)81-72-73(71-80-74(77)68-65-62-59-56-53-24-21-18-15-12-9-6-3)82-76(79)70-67-64-61-58-55-52-50-48-46-44-42-39-36-34-32-30-28-26-23-20-17-14-11-8-5-2/h7-8,10-11,16-17,19-20,25-28,31-34,37-38,41,43,47,49,73H,4-6,9,12-15,18,21-24,29-30,35-36,39-40,42,44-46,48,50-72H2,1-3H3/b10-7-,11-8-,19-16-,20-17-,27-25-,28-26-,33-31-,34-32-,38-37-,43-41-,49-47-. The van der Waals surface area contributed by atoms with E-state index in [9.17, 15) is 14.4 Å². The van der Waals surface area contributed by atoms with Gasteiger partial charge >= 0.3 is 17.9 Å². The summed E-state index contributed by atoms with van der Waals surface area (Å²) in [6, 6.07) is 0. The lowest BCUT2D eigenvalue weighted by Crippen LogP contribution is -2.30. The van der Waals surface area contributed by atoms with Crippen molar-refractivity contribution in [2.75, 3.05) is 13.2 Å². The van der Waals surface area contributed by atoms with Crippen LogP contribution in [0.15, 0.2) is 134 Å². The zero-order valence-electron chi connectivity index (χ0n) is 53.5. The van der Waals surface area contributed by atoms with Crippen molar-refractivity contribution in [2.24, 2.45) is 0 Å². The van der Waals surface area contributed by atoms with Gasteiger partial charge in [-0.05, 0) is 116 Å². The zero-order chi connectivity index (χ0) is 59.2. The Hall–Kier alpha value is -4.45. The number of unbranched alkanes of at least 4 members (excludes halogenated alkanes) is 28. The molecular weight excluding hydrogens is 1010 g/mol. The van der Waals surface area contributed by atoms with Crippen molar-refractivity contribution >= 4 is 17.9 Å². The van der Waals surface area contributed by atoms with E-state index < -0.39 is 6.10 Å². The molecule has 0 rings (SSSR count). The van der Waals surface area contributed by atoms with Gasteiger partial charge in [0, 0.05) is 19.3 Å². The van der Waals surface area contributed by atoms with E-state index in [4.69, 9.17) is 14.2 Å². The molecular formula is C76H126O6. The Bertz CT molecular complexity index is 1730. The van der Waals surface area contributed by atoms with E-state index in [1.165, 1.54) is 122 Å². The van der Waals surface area contributed by atoms with Crippen LogP contribution in [0.2, 0.25) is 0 Å². The first-order chi connectivity index (χ1) is 40.5. The van der Waals surface area contributed by atoms with Gasteiger partial charge in [0.15, 0.2) is 6.10 Å². The average molecular weight is 1140 g/mol. The Morgan fingerprint density at radius 3 is 0.744 bits per heavy atom. The summed E-state index contributed by atoms with van der Waals surface area (Å²) in [5, 5.41) is 0. The van der Waals surface area contributed by atoms with E-state index in [-0.39, 0.29) is 31.1 Å². The highest BCUT2D eigenvalue weighted by Gasteiger charge is 2.19. The van der Waals surface area contributed by atoms with Gasteiger partial charge in [0.25, 0.3) is 0 Å². The minimum Gasteiger partial charge on any atom is -0.462 e. The van der Waals surface area contributed by atoms with Crippen molar-refractivity contribution in [3.8, 4) is 0 Å². The Morgan fingerprint density at radius 2 is 0.476 bits per heavy atom. The second kappa shape index (κ2) is 69.0. The van der Waals surface area contributed by atoms with E-state index in [1.54, 1.807) is 0 Å². The van der Waals surface area contributed by atoms with E-state index in [1.807, 2.05) is 0 Å². The molecule has 0 amide bonds. The van der Waals surface area contributed by atoms with Crippen molar-refractivity contribution in [1.29, 1.82) is 0 Å². The normalized spacial score (nSPS) is 13.0. The van der Waals surface area contributed by atoms with Crippen molar-refractivity contribution in [3.05, 3.63) is 134 Å². The van der Waals surface area contributed by atoms with Gasteiger partial charge < -0.3 is 14.2 Å². The molecule has 0 bridgehead atoms. The summed E-state index contributed by atoms with van der Waals surface area (Å²) >= 11 is 0. The maximum absolute atomic E-state index is 12.9. The van der Waals surface area contributed by atoms with Gasteiger partial charge in [-0.15, -0.1) is 0 Å². The summed E-state index contributed by atoms with van der Waals surface area (Å²) in [6.45, 7) is 6.41. The fourth-order valence-corrected chi connectivity index (χ4v) is 9.36. The maximum atomic E-state index is 12.9. The second-order valence-electron chi connectivity index (χ2n) is 22.3. The Labute approximate surface area is 506 Å². The van der Waals surface area contributed by atoms with Crippen molar-refractivity contribution < 1.29 is 28.6 Å². The van der Waals surface area contributed by atoms with Crippen LogP contribution in [-0.2, 0) is 28.6 Å². The molecule has 6 nitrogen and oxygen atoms in total. The molecule has 0 aliphatic rings. The molecule has 0 aliphatic heterocycles. The van der Waals surface area contributed by atoms with Crippen LogP contribution in [0.25, 0.3) is 0 Å². The quantitative estimate of drug-likeness (QED) is 0.0261. The lowest BCUT2D eigenvalue weighted by atomic mass is 10.0. The van der Waals surface area contributed by atoms with Gasteiger partial charge in [-0.25, -0.2) is 0 Å². The molecule has 0 aliphatic carbocycles. The molecule has 0 spiro atoms. The minimum absolute atomic E-state index is 0.0853. The fraction of sp³-hybridized carbons (Fsp3) is 0.671. The molecule has 0 aromatic carbocycles. The summed E-state index contributed by atoms with van der Waals surface area (Å²) in [6.07, 6.45) is 97.5. The molecule has 0 aromatic heterocycles. The first kappa shape index (κ1) is 77.5. The number of rotatable bonds is 61. The summed E-state index contributed by atoms with van der Waals surface area (Å²) in [4.78, 5) is 38.4. The van der Waals surface area contributed by atoms with E-state index in [2.05, 4.69) is 154 Å². The maximum Gasteiger partial charge on any atom is 0.306 e. The monoisotopic (exact) mass is 1130 g/mol. The van der Waals surface area contributed by atoms with Gasteiger partial charge in [0.1, 0.15) is 13.2 Å². The Balaban J connectivity index is 4.35. The molecule has 0 N–H and O–H groups in total. The van der Waals surface area contributed by atoms with Crippen molar-refractivity contribution in [3.63, 3.8) is 0 Å². The van der Waals surface area contributed by atoms with E-state index in [0.29, 0.717) is 19.3 Å². The lowest BCUT2D eigenvalue weighted by molar-refractivity contribution is -0.167. The number of esters is 3. The predicted octanol–water partition coefficient (Wildman–Crippen LogP) is 23.7. The summed E-state index contributed by atoms with van der Waals surface area (Å²) in [5.41, 5.74) is 0. The third-order valence-corrected chi connectivity index (χ3v) is 14.4. The number of allylic oxidation sites excluding steroid dienone is 22. The number of hydrogen-bond acceptors (Lipinski definition) is 6. The summed E-state index contributed by atoms with van der Waals surface area (Å²) in [5.74, 6) is -0.900. The van der Waals surface area contributed by atoms with Crippen LogP contribution in [-0.4, -0.2) is 37.2 Å². The molecule has 0 aromatic rings.